The molecule has 1 nitrogen and oxygen atoms in total. The van der Waals surface area contributed by atoms with Crippen molar-refractivity contribution in [1.29, 1.82) is 0 Å². The van der Waals surface area contributed by atoms with E-state index in [0.29, 0.717) is 5.92 Å². The highest BCUT2D eigenvalue weighted by molar-refractivity contribution is 6.59. The number of hydrogen-bond acceptors (Lipinski definition) is 1. The van der Waals surface area contributed by atoms with Crippen molar-refractivity contribution in [2.75, 3.05) is 6.61 Å². The molecule has 0 bridgehead atoms. The molecule has 8 heteroatoms. The lowest BCUT2D eigenvalue weighted by Crippen LogP contribution is -2.20. The fourth-order valence-electron chi connectivity index (χ4n) is 4.49. The van der Waals surface area contributed by atoms with Crippen molar-refractivity contribution in [1.82, 2.24) is 0 Å². The Morgan fingerprint density at radius 1 is 0.938 bits per heavy atom. The molecule has 0 saturated carbocycles. The van der Waals surface area contributed by atoms with Gasteiger partial charge in [0.15, 0.2) is 24.0 Å². The third kappa shape index (κ3) is 6.53. The first-order chi connectivity index (χ1) is 15.2. The molecule has 2 aromatic rings. The molecule has 32 heavy (non-hydrogen) atoms. The summed E-state index contributed by atoms with van der Waals surface area (Å²) in [7, 11) is -0.684. The highest BCUT2D eigenvalue weighted by Gasteiger charge is 2.30. The van der Waals surface area contributed by atoms with Gasteiger partial charge in [-0.3, -0.25) is 0 Å². The van der Waals surface area contributed by atoms with Crippen molar-refractivity contribution in [3.05, 3.63) is 53.3 Å². The van der Waals surface area contributed by atoms with Crippen LogP contribution in [-0.4, -0.2) is 21.6 Å². The molecule has 1 aliphatic heterocycles. The first-order valence-electron chi connectivity index (χ1n) is 11.2. The number of hydrogen-bond donors (Lipinski definition) is 0. The Kier molecular flexibility index (Phi) is 8.30. The van der Waals surface area contributed by atoms with Gasteiger partial charge in [0.2, 0.25) is 0 Å². The van der Waals surface area contributed by atoms with E-state index in [1.165, 1.54) is 49.5 Å². The van der Waals surface area contributed by atoms with Crippen LogP contribution in [0.2, 0.25) is 18.1 Å². The second-order valence-electron chi connectivity index (χ2n) is 8.63. The number of benzene rings is 2. The van der Waals surface area contributed by atoms with Crippen molar-refractivity contribution < 1.29 is 31.1 Å². The molecule has 0 unspecified atom stereocenters. The molecule has 0 aliphatic carbocycles. The monoisotopic (exact) mass is 474 g/mol. The second-order valence-corrected chi connectivity index (χ2v) is 12.1. The molecule has 1 fully saturated rings. The van der Waals surface area contributed by atoms with Crippen LogP contribution < -0.4 is 4.74 Å². The van der Waals surface area contributed by atoms with Crippen LogP contribution in [0.15, 0.2) is 30.3 Å². The van der Waals surface area contributed by atoms with Crippen molar-refractivity contribution in [2.45, 2.75) is 69.3 Å². The van der Waals surface area contributed by atoms with Crippen molar-refractivity contribution in [3.63, 3.8) is 0 Å². The maximum Gasteiger partial charge on any atom is 0.422 e. The van der Waals surface area contributed by atoms with E-state index in [1.807, 2.05) is 0 Å². The van der Waals surface area contributed by atoms with Crippen LogP contribution in [0.3, 0.4) is 0 Å². The Hall–Kier alpha value is -1.96. The molecule has 3 rings (SSSR count). The van der Waals surface area contributed by atoms with Crippen molar-refractivity contribution >= 4 is 8.80 Å². The van der Waals surface area contributed by atoms with Gasteiger partial charge in [0.05, 0.1) is 0 Å². The van der Waals surface area contributed by atoms with Crippen LogP contribution in [0.1, 0.15) is 50.5 Å². The summed E-state index contributed by atoms with van der Waals surface area (Å²) in [6, 6.07) is 10.2. The van der Waals surface area contributed by atoms with Gasteiger partial charge in [0, 0.05) is 14.4 Å². The normalized spacial score (nSPS) is 19.2. The van der Waals surface area contributed by atoms with Crippen LogP contribution in [0.25, 0.3) is 11.1 Å². The van der Waals surface area contributed by atoms with E-state index in [-0.39, 0.29) is 11.1 Å². The molecular weight excluding hydrogens is 446 g/mol. The van der Waals surface area contributed by atoms with Crippen LogP contribution >= 0.6 is 0 Å². The molecule has 1 aliphatic rings. The first kappa shape index (κ1) is 24.7. The largest absolute Gasteiger partial charge is 0.478 e. The fourth-order valence-corrected chi connectivity index (χ4v) is 7.97. The summed E-state index contributed by atoms with van der Waals surface area (Å²) in [5.41, 5.74) is 0.797. The molecule has 2 aromatic carbocycles. The van der Waals surface area contributed by atoms with E-state index in [2.05, 4.69) is 11.7 Å². The average Bonchev–Trinajstić information content (AvgIpc) is 2.73. The molecule has 176 valence electrons. The van der Waals surface area contributed by atoms with E-state index >= 15 is 0 Å². The predicted octanol–water partition coefficient (Wildman–Crippen LogP) is 8.01. The zero-order valence-corrected chi connectivity index (χ0v) is 19.2. The van der Waals surface area contributed by atoms with Gasteiger partial charge in [0.25, 0.3) is 0 Å². The number of unbranched alkanes of at least 4 members (excludes halogenated alkanes) is 2. The highest BCUT2D eigenvalue weighted by atomic mass is 28.3. The Morgan fingerprint density at radius 3 is 2.16 bits per heavy atom. The lowest BCUT2D eigenvalue weighted by molar-refractivity contribution is -0.154. The second kappa shape index (κ2) is 10.8. The Labute approximate surface area is 186 Å². The minimum Gasteiger partial charge on any atom is -0.478 e. The molecule has 0 atom stereocenters. The molecule has 0 spiro atoms. The third-order valence-electron chi connectivity index (χ3n) is 6.22. The topological polar surface area (TPSA) is 9.23 Å². The summed E-state index contributed by atoms with van der Waals surface area (Å²) in [5.74, 6) is -4.05. The maximum absolute atomic E-state index is 14.8. The van der Waals surface area contributed by atoms with Gasteiger partial charge in [-0.2, -0.15) is 13.2 Å². The molecule has 0 amide bonds. The summed E-state index contributed by atoms with van der Waals surface area (Å²) in [5, 5.41) is 0. The van der Waals surface area contributed by atoms with E-state index in [0.717, 1.165) is 30.5 Å². The molecular formula is C24H28F6OSi. The van der Waals surface area contributed by atoms with Gasteiger partial charge in [-0.15, -0.1) is 0 Å². The van der Waals surface area contributed by atoms with E-state index in [4.69, 9.17) is 0 Å². The van der Waals surface area contributed by atoms with Crippen LogP contribution in [-0.2, 0) is 0 Å². The summed E-state index contributed by atoms with van der Waals surface area (Å²) in [6.07, 6.45) is 1.21. The zero-order chi connectivity index (χ0) is 23.3. The summed E-state index contributed by atoms with van der Waals surface area (Å²) < 4.78 is 84.2. The van der Waals surface area contributed by atoms with Gasteiger partial charge in [-0.05, 0) is 48.1 Å². The molecule has 1 saturated heterocycles. The van der Waals surface area contributed by atoms with Crippen LogP contribution in [0.5, 0.6) is 5.75 Å². The van der Waals surface area contributed by atoms with E-state index < -0.39 is 44.8 Å². The summed E-state index contributed by atoms with van der Waals surface area (Å²) >= 11 is 0. The number of rotatable bonds is 8. The van der Waals surface area contributed by atoms with Gasteiger partial charge in [0.1, 0.15) is 5.82 Å². The third-order valence-corrected chi connectivity index (χ3v) is 9.74. The molecule has 1 heterocycles. The Bertz CT molecular complexity index is 883. The van der Waals surface area contributed by atoms with Gasteiger partial charge >= 0.3 is 6.18 Å². The van der Waals surface area contributed by atoms with Crippen molar-refractivity contribution in [2.24, 2.45) is 0 Å². The van der Waals surface area contributed by atoms with E-state index in [1.54, 1.807) is 6.07 Å². The molecule has 0 N–H and O–H groups in total. The minimum atomic E-state index is -4.73. The standard InChI is InChI=1S/C24H28F6OSi/c1-2-3-4-9-32-10-7-16(8-11-32)17-5-6-19(20(25)12-17)18-13-21(26)23(22(27)14-18)31-15-24(28,29)30/h5-6,12-14,16,32H,2-4,7-11,15H2,1H3. The first-order valence-corrected chi connectivity index (χ1v) is 13.6. The van der Waals surface area contributed by atoms with Crippen LogP contribution in [0.4, 0.5) is 26.3 Å². The zero-order valence-electron chi connectivity index (χ0n) is 18.1. The van der Waals surface area contributed by atoms with Crippen LogP contribution in [0, 0.1) is 17.5 Å². The molecule has 0 radical (unpaired) electrons. The van der Waals surface area contributed by atoms with Gasteiger partial charge in [-0.1, -0.05) is 56.5 Å². The minimum absolute atomic E-state index is 0.00320. The van der Waals surface area contributed by atoms with Gasteiger partial charge < -0.3 is 4.74 Å². The smallest absolute Gasteiger partial charge is 0.422 e. The van der Waals surface area contributed by atoms with E-state index in [9.17, 15) is 26.3 Å². The quantitative estimate of drug-likeness (QED) is 0.214. The molecule has 0 aromatic heterocycles. The number of ether oxygens (including phenoxy) is 1. The SMILES string of the molecule is CCCCC[SiH]1CCC(c2ccc(-c3cc(F)c(OCC(F)(F)F)c(F)c3)c(F)c2)CC1. The lowest BCUT2D eigenvalue weighted by Gasteiger charge is -2.28. The van der Waals surface area contributed by atoms with Gasteiger partial charge in [-0.25, -0.2) is 13.2 Å². The summed E-state index contributed by atoms with van der Waals surface area (Å²) in [4.78, 5) is 0. The predicted molar refractivity (Wildman–Crippen MR) is 116 cm³/mol. The Morgan fingerprint density at radius 2 is 1.59 bits per heavy atom. The number of halogens is 6. The van der Waals surface area contributed by atoms with Crippen molar-refractivity contribution in [3.8, 4) is 16.9 Å². The lowest BCUT2D eigenvalue weighted by atomic mass is 9.91. The maximum atomic E-state index is 14.8. The number of alkyl halides is 3. The Balaban J connectivity index is 1.69. The highest BCUT2D eigenvalue weighted by Crippen LogP contribution is 2.37. The fraction of sp³-hybridized carbons (Fsp3) is 0.500. The summed E-state index contributed by atoms with van der Waals surface area (Å²) in [6.45, 7) is 0.391. The average molecular weight is 475 g/mol.